The van der Waals surface area contributed by atoms with Gasteiger partial charge in [0.05, 0.1) is 0 Å². The van der Waals surface area contributed by atoms with E-state index < -0.39 is 0 Å². The maximum atomic E-state index is 5.82. The highest BCUT2D eigenvalue weighted by molar-refractivity contribution is 5.22. The molecule has 1 N–H and O–H groups in total. The Balaban J connectivity index is 1.94. The van der Waals surface area contributed by atoms with Gasteiger partial charge in [-0.1, -0.05) is 19.3 Å². The Labute approximate surface area is 108 Å². The maximum Gasteiger partial charge on any atom is 0.160 e. The summed E-state index contributed by atoms with van der Waals surface area (Å²) < 4.78 is 5.82. The third-order valence-corrected chi connectivity index (χ3v) is 4.27. The van der Waals surface area contributed by atoms with Gasteiger partial charge in [-0.05, 0) is 12.8 Å². The lowest BCUT2D eigenvalue weighted by atomic mass is 9.83. The predicted molar refractivity (Wildman–Crippen MR) is 69.2 cm³/mol. The van der Waals surface area contributed by atoms with Gasteiger partial charge in [-0.2, -0.15) is 0 Å². The van der Waals surface area contributed by atoms with Gasteiger partial charge in [0.25, 0.3) is 0 Å². The topological polar surface area (TPSA) is 47.0 Å². The summed E-state index contributed by atoms with van der Waals surface area (Å²) in [7, 11) is 1.80. The Morgan fingerprint density at radius 2 is 2.11 bits per heavy atom. The molecule has 1 aromatic rings. The van der Waals surface area contributed by atoms with Crippen LogP contribution in [-0.2, 0) is 23.3 Å². The first-order chi connectivity index (χ1) is 8.84. The highest BCUT2D eigenvalue weighted by atomic mass is 16.5. The fourth-order valence-electron chi connectivity index (χ4n) is 3.10. The van der Waals surface area contributed by atoms with Crippen molar-refractivity contribution in [2.45, 2.75) is 50.7 Å². The number of ether oxygens (including phenoxy) is 1. The van der Waals surface area contributed by atoms with Gasteiger partial charge in [-0.25, -0.2) is 9.97 Å². The van der Waals surface area contributed by atoms with Crippen molar-refractivity contribution in [1.29, 1.82) is 0 Å². The lowest BCUT2D eigenvalue weighted by Gasteiger charge is -2.35. The quantitative estimate of drug-likeness (QED) is 0.867. The molecule has 18 heavy (non-hydrogen) atoms. The van der Waals surface area contributed by atoms with E-state index in [1.54, 1.807) is 7.11 Å². The van der Waals surface area contributed by atoms with Crippen LogP contribution in [0.2, 0.25) is 0 Å². The van der Waals surface area contributed by atoms with E-state index >= 15 is 0 Å². The molecule has 1 aliphatic carbocycles. The highest BCUT2D eigenvalue weighted by Gasteiger charge is 2.37. The minimum absolute atomic E-state index is 0.224. The van der Waals surface area contributed by atoms with E-state index in [9.17, 15) is 0 Å². The van der Waals surface area contributed by atoms with E-state index in [0.29, 0.717) is 0 Å². The molecule has 2 aliphatic rings. The van der Waals surface area contributed by atoms with Crippen molar-refractivity contribution in [1.82, 2.24) is 15.3 Å². The van der Waals surface area contributed by atoms with Gasteiger partial charge < -0.3 is 10.1 Å². The molecule has 0 bridgehead atoms. The van der Waals surface area contributed by atoms with Crippen LogP contribution < -0.4 is 5.32 Å². The number of fused-ring (bicyclic) bond motifs is 1. The van der Waals surface area contributed by atoms with E-state index in [1.165, 1.54) is 30.5 Å². The fraction of sp³-hybridized carbons (Fsp3) is 0.714. The van der Waals surface area contributed by atoms with Crippen LogP contribution >= 0.6 is 0 Å². The summed E-state index contributed by atoms with van der Waals surface area (Å²) in [6, 6.07) is 0. The number of rotatable bonds is 2. The lowest BCUT2D eigenvalue weighted by Crippen LogP contribution is -2.35. The molecular formula is C14H21N3O. The normalized spacial score (nSPS) is 22.5. The van der Waals surface area contributed by atoms with E-state index in [1.807, 2.05) is 6.20 Å². The molecule has 0 unspecified atom stereocenters. The molecule has 1 aromatic heterocycles. The molecular weight excluding hydrogens is 226 g/mol. The number of methoxy groups -OCH3 is 1. The number of nitrogens with zero attached hydrogens (tertiary/aromatic N) is 2. The average Bonchev–Trinajstić information content (AvgIpc) is 2.47. The first kappa shape index (κ1) is 12.1. The summed E-state index contributed by atoms with van der Waals surface area (Å²) in [5.74, 6) is 0.908. The number of aromatic nitrogens is 2. The zero-order valence-corrected chi connectivity index (χ0v) is 11.0. The Kier molecular flexibility index (Phi) is 3.31. The predicted octanol–water partition coefficient (Wildman–Crippen LogP) is 1.93. The molecule has 1 aliphatic heterocycles. The SMILES string of the molecule is COC1(c2ncc3c(n2)CCNC3)CCCCC1. The van der Waals surface area contributed by atoms with Crippen molar-refractivity contribution < 1.29 is 4.74 Å². The third kappa shape index (κ3) is 2.04. The number of nitrogens with one attached hydrogen (secondary N) is 1. The minimum atomic E-state index is -0.224. The van der Waals surface area contributed by atoms with Crippen LogP contribution in [0.15, 0.2) is 6.20 Å². The third-order valence-electron chi connectivity index (χ3n) is 4.27. The van der Waals surface area contributed by atoms with Gasteiger partial charge in [-0.15, -0.1) is 0 Å². The van der Waals surface area contributed by atoms with Crippen LogP contribution in [0.1, 0.15) is 49.2 Å². The molecule has 1 fully saturated rings. The lowest BCUT2D eigenvalue weighted by molar-refractivity contribution is -0.0517. The molecule has 0 amide bonds. The first-order valence-corrected chi connectivity index (χ1v) is 6.95. The Bertz CT molecular complexity index is 427. The van der Waals surface area contributed by atoms with Crippen LogP contribution in [0, 0.1) is 0 Å². The van der Waals surface area contributed by atoms with Crippen molar-refractivity contribution in [3.63, 3.8) is 0 Å². The smallest absolute Gasteiger partial charge is 0.160 e. The van der Waals surface area contributed by atoms with E-state index in [4.69, 9.17) is 9.72 Å². The van der Waals surface area contributed by atoms with Gasteiger partial charge in [0.15, 0.2) is 5.82 Å². The van der Waals surface area contributed by atoms with Gasteiger partial charge >= 0.3 is 0 Å². The van der Waals surface area contributed by atoms with Gasteiger partial charge in [0, 0.05) is 44.1 Å². The monoisotopic (exact) mass is 247 g/mol. The van der Waals surface area contributed by atoms with Gasteiger partial charge in [-0.3, -0.25) is 0 Å². The first-order valence-electron chi connectivity index (χ1n) is 6.95. The molecule has 4 heteroatoms. The molecule has 0 radical (unpaired) electrons. The molecule has 3 rings (SSSR count). The van der Waals surface area contributed by atoms with Crippen molar-refractivity contribution >= 4 is 0 Å². The minimum Gasteiger partial charge on any atom is -0.370 e. The second-order valence-corrected chi connectivity index (χ2v) is 5.35. The van der Waals surface area contributed by atoms with Crippen LogP contribution in [-0.4, -0.2) is 23.6 Å². The summed E-state index contributed by atoms with van der Waals surface area (Å²) in [5.41, 5.74) is 2.23. The highest BCUT2D eigenvalue weighted by Crippen LogP contribution is 2.38. The largest absolute Gasteiger partial charge is 0.370 e. The zero-order chi connectivity index (χ0) is 12.4. The fourth-order valence-corrected chi connectivity index (χ4v) is 3.10. The van der Waals surface area contributed by atoms with Crippen LogP contribution in [0.25, 0.3) is 0 Å². The van der Waals surface area contributed by atoms with Crippen LogP contribution in [0.3, 0.4) is 0 Å². The zero-order valence-electron chi connectivity index (χ0n) is 11.0. The maximum absolute atomic E-state index is 5.82. The summed E-state index contributed by atoms with van der Waals surface area (Å²) >= 11 is 0. The molecule has 0 spiro atoms. The van der Waals surface area contributed by atoms with E-state index in [0.717, 1.165) is 38.2 Å². The van der Waals surface area contributed by atoms with Crippen LogP contribution in [0.5, 0.6) is 0 Å². The van der Waals surface area contributed by atoms with E-state index in [-0.39, 0.29) is 5.60 Å². The van der Waals surface area contributed by atoms with E-state index in [2.05, 4.69) is 10.3 Å². The summed E-state index contributed by atoms with van der Waals surface area (Å²) in [6.45, 7) is 1.92. The standard InChI is InChI=1S/C14H21N3O/c1-18-14(6-3-2-4-7-14)13-16-10-11-9-15-8-5-12(11)17-13/h10,15H,2-9H2,1H3. The van der Waals surface area contributed by atoms with Crippen molar-refractivity contribution in [3.8, 4) is 0 Å². The Morgan fingerprint density at radius 3 is 2.89 bits per heavy atom. The summed E-state index contributed by atoms with van der Waals surface area (Å²) in [5, 5.41) is 3.35. The Hall–Kier alpha value is -1.00. The van der Waals surface area contributed by atoms with Crippen molar-refractivity contribution in [2.75, 3.05) is 13.7 Å². The van der Waals surface area contributed by atoms with Gasteiger partial charge in [0.2, 0.25) is 0 Å². The van der Waals surface area contributed by atoms with Crippen molar-refractivity contribution in [3.05, 3.63) is 23.3 Å². The number of hydrogen-bond acceptors (Lipinski definition) is 4. The van der Waals surface area contributed by atoms with Crippen LogP contribution in [0.4, 0.5) is 0 Å². The second kappa shape index (κ2) is 4.94. The van der Waals surface area contributed by atoms with Gasteiger partial charge in [0.1, 0.15) is 5.60 Å². The molecule has 0 aromatic carbocycles. The summed E-state index contributed by atoms with van der Waals surface area (Å²) in [6.07, 6.45) is 8.84. The average molecular weight is 247 g/mol. The molecule has 0 saturated heterocycles. The molecule has 98 valence electrons. The molecule has 2 heterocycles. The summed E-state index contributed by atoms with van der Waals surface area (Å²) in [4.78, 5) is 9.39. The second-order valence-electron chi connectivity index (χ2n) is 5.35. The molecule has 4 nitrogen and oxygen atoms in total. The number of hydrogen-bond donors (Lipinski definition) is 1. The molecule has 1 saturated carbocycles. The Morgan fingerprint density at radius 1 is 1.28 bits per heavy atom. The van der Waals surface area contributed by atoms with Crippen molar-refractivity contribution in [2.24, 2.45) is 0 Å². The molecule has 0 atom stereocenters.